The number of para-hydroxylation sites is 1. The summed E-state index contributed by atoms with van der Waals surface area (Å²) < 4.78 is 0. The van der Waals surface area contributed by atoms with Crippen LogP contribution in [0.5, 0.6) is 0 Å². The molecular formula is C15H12ClN3O. The Bertz CT molecular complexity index is 679. The molecule has 0 atom stereocenters. The van der Waals surface area contributed by atoms with Gasteiger partial charge in [0.1, 0.15) is 0 Å². The Morgan fingerprint density at radius 1 is 1.25 bits per heavy atom. The van der Waals surface area contributed by atoms with Gasteiger partial charge in [-0.1, -0.05) is 29.8 Å². The number of hydrogen-bond acceptors (Lipinski definition) is 2. The molecule has 0 aromatic heterocycles. The molecule has 0 aliphatic carbocycles. The van der Waals surface area contributed by atoms with E-state index in [1.807, 2.05) is 6.07 Å². The summed E-state index contributed by atoms with van der Waals surface area (Å²) >= 11 is 5.99. The molecule has 1 N–H and O–H groups in total. The maximum Gasteiger partial charge on any atom is 0.326 e. The second-order valence-electron chi connectivity index (χ2n) is 4.13. The highest BCUT2D eigenvalue weighted by Crippen LogP contribution is 2.22. The number of nitrogens with one attached hydrogen (secondary N) is 1. The second-order valence-corrected chi connectivity index (χ2v) is 4.54. The fraction of sp³-hybridized carbons (Fsp3) is 0.0667. The molecule has 20 heavy (non-hydrogen) atoms. The van der Waals surface area contributed by atoms with Gasteiger partial charge in [-0.2, -0.15) is 5.26 Å². The number of carbonyl (C=O) groups excluding carboxylic acids is 1. The monoisotopic (exact) mass is 285 g/mol. The van der Waals surface area contributed by atoms with Gasteiger partial charge in [-0.15, -0.1) is 0 Å². The SMILES string of the molecule is CN(C(=O)Nc1ccccc1Cl)c1cccc(C#N)c1. The molecule has 0 fully saturated rings. The van der Waals surface area contributed by atoms with Crippen LogP contribution in [0.15, 0.2) is 48.5 Å². The number of anilines is 2. The summed E-state index contributed by atoms with van der Waals surface area (Å²) in [5.74, 6) is 0. The standard InChI is InChI=1S/C15H12ClN3O/c1-19(12-6-4-5-11(9-12)10-17)15(20)18-14-8-3-2-7-13(14)16/h2-9H,1H3,(H,18,20). The zero-order chi connectivity index (χ0) is 14.5. The summed E-state index contributed by atoms with van der Waals surface area (Å²) in [5.41, 5.74) is 1.68. The van der Waals surface area contributed by atoms with E-state index in [1.165, 1.54) is 4.90 Å². The summed E-state index contributed by atoms with van der Waals surface area (Å²) in [4.78, 5) is 13.6. The third-order valence-electron chi connectivity index (χ3n) is 2.78. The largest absolute Gasteiger partial charge is 0.326 e. The van der Waals surface area contributed by atoms with E-state index in [1.54, 1.807) is 55.6 Å². The Labute approximate surface area is 122 Å². The van der Waals surface area contributed by atoms with Crippen LogP contribution in [0.25, 0.3) is 0 Å². The lowest BCUT2D eigenvalue weighted by Gasteiger charge is -2.18. The molecule has 2 rings (SSSR count). The molecule has 0 unspecified atom stereocenters. The van der Waals surface area contributed by atoms with E-state index in [2.05, 4.69) is 5.32 Å². The number of nitriles is 1. The summed E-state index contributed by atoms with van der Waals surface area (Å²) in [5, 5.41) is 12.1. The molecule has 2 aromatic carbocycles. The van der Waals surface area contributed by atoms with E-state index >= 15 is 0 Å². The minimum absolute atomic E-state index is 0.326. The molecule has 5 heteroatoms. The fourth-order valence-electron chi connectivity index (χ4n) is 1.66. The van der Waals surface area contributed by atoms with Crippen LogP contribution in [0.4, 0.5) is 16.2 Å². The molecule has 0 aliphatic heterocycles. The van der Waals surface area contributed by atoms with Crippen molar-refractivity contribution >= 4 is 29.0 Å². The van der Waals surface area contributed by atoms with Crippen molar-refractivity contribution in [2.45, 2.75) is 0 Å². The van der Waals surface area contributed by atoms with Crippen molar-refractivity contribution < 1.29 is 4.79 Å². The van der Waals surface area contributed by atoms with Crippen LogP contribution in [0.3, 0.4) is 0 Å². The number of urea groups is 1. The minimum atomic E-state index is -0.326. The first-order chi connectivity index (χ1) is 9.61. The summed E-state index contributed by atoms with van der Waals surface area (Å²) in [6, 6.07) is 15.5. The van der Waals surface area contributed by atoms with E-state index in [0.717, 1.165) is 0 Å². The van der Waals surface area contributed by atoms with E-state index < -0.39 is 0 Å². The van der Waals surface area contributed by atoms with Crippen LogP contribution >= 0.6 is 11.6 Å². The first-order valence-corrected chi connectivity index (χ1v) is 6.29. The van der Waals surface area contributed by atoms with Gasteiger partial charge < -0.3 is 5.32 Å². The Balaban J connectivity index is 2.17. The molecule has 0 spiro atoms. The van der Waals surface area contributed by atoms with Crippen LogP contribution in [-0.4, -0.2) is 13.1 Å². The third-order valence-corrected chi connectivity index (χ3v) is 3.11. The highest BCUT2D eigenvalue weighted by Gasteiger charge is 2.12. The van der Waals surface area contributed by atoms with Crippen molar-refractivity contribution in [3.05, 3.63) is 59.1 Å². The van der Waals surface area contributed by atoms with Crippen molar-refractivity contribution in [3.63, 3.8) is 0 Å². The average molecular weight is 286 g/mol. The van der Waals surface area contributed by atoms with Crippen LogP contribution in [0.2, 0.25) is 5.02 Å². The number of amides is 2. The highest BCUT2D eigenvalue weighted by atomic mass is 35.5. The summed E-state index contributed by atoms with van der Waals surface area (Å²) in [7, 11) is 1.63. The van der Waals surface area contributed by atoms with E-state index in [4.69, 9.17) is 16.9 Å². The first kappa shape index (κ1) is 13.9. The number of benzene rings is 2. The quantitative estimate of drug-likeness (QED) is 0.910. The summed E-state index contributed by atoms with van der Waals surface area (Å²) in [6.45, 7) is 0. The van der Waals surface area contributed by atoms with Crippen LogP contribution < -0.4 is 10.2 Å². The van der Waals surface area contributed by atoms with Gasteiger partial charge >= 0.3 is 6.03 Å². The molecule has 0 heterocycles. The molecule has 0 saturated carbocycles. The molecular weight excluding hydrogens is 274 g/mol. The molecule has 0 saturated heterocycles. The van der Waals surface area contributed by atoms with Gasteiger partial charge in [0.15, 0.2) is 0 Å². The topological polar surface area (TPSA) is 56.1 Å². The fourth-order valence-corrected chi connectivity index (χ4v) is 1.85. The summed E-state index contributed by atoms with van der Waals surface area (Å²) in [6.07, 6.45) is 0. The lowest BCUT2D eigenvalue weighted by atomic mass is 10.2. The molecule has 2 amide bonds. The first-order valence-electron chi connectivity index (χ1n) is 5.91. The van der Waals surface area contributed by atoms with E-state index in [0.29, 0.717) is 22.0 Å². The van der Waals surface area contributed by atoms with Crippen molar-refractivity contribution in [3.8, 4) is 6.07 Å². The Kier molecular flexibility index (Phi) is 4.24. The zero-order valence-corrected chi connectivity index (χ0v) is 11.6. The van der Waals surface area contributed by atoms with Gasteiger partial charge in [-0.05, 0) is 30.3 Å². The van der Waals surface area contributed by atoms with Crippen molar-refractivity contribution in [2.75, 3.05) is 17.3 Å². The molecule has 2 aromatic rings. The average Bonchev–Trinajstić information content (AvgIpc) is 2.48. The molecule has 0 bridgehead atoms. The van der Waals surface area contributed by atoms with Crippen molar-refractivity contribution in [1.29, 1.82) is 5.26 Å². The lowest BCUT2D eigenvalue weighted by molar-refractivity contribution is 0.258. The van der Waals surface area contributed by atoms with Gasteiger partial charge in [-0.25, -0.2) is 4.79 Å². The predicted octanol–water partition coefficient (Wildman–Crippen LogP) is 3.88. The highest BCUT2D eigenvalue weighted by molar-refractivity contribution is 6.33. The maximum absolute atomic E-state index is 12.1. The normalized spacial score (nSPS) is 9.65. The predicted molar refractivity (Wildman–Crippen MR) is 80.0 cm³/mol. The van der Waals surface area contributed by atoms with Crippen LogP contribution in [0, 0.1) is 11.3 Å². The second kappa shape index (κ2) is 6.09. The van der Waals surface area contributed by atoms with Crippen molar-refractivity contribution in [2.24, 2.45) is 0 Å². The van der Waals surface area contributed by atoms with Crippen molar-refractivity contribution in [1.82, 2.24) is 0 Å². The smallest absolute Gasteiger partial charge is 0.306 e. The molecule has 0 radical (unpaired) electrons. The Morgan fingerprint density at radius 3 is 2.70 bits per heavy atom. The van der Waals surface area contributed by atoms with Gasteiger partial charge in [0, 0.05) is 12.7 Å². The van der Waals surface area contributed by atoms with Gasteiger partial charge in [-0.3, -0.25) is 4.90 Å². The maximum atomic E-state index is 12.1. The number of hydrogen-bond donors (Lipinski definition) is 1. The number of carbonyl (C=O) groups is 1. The van der Waals surface area contributed by atoms with Crippen LogP contribution in [0.1, 0.15) is 5.56 Å². The van der Waals surface area contributed by atoms with Gasteiger partial charge in [0.2, 0.25) is 0 Å². The minimum Gasteiger partial charge on any atom is -0.306 e. The number of nitrogens with zero attached hydrogens (tertiary/aromatic N) is 2. The van der Waals surface area contributed by atoms with E-state index in [9.17, 15) is 4.79 Å². The number of rotatable bonds is 2. The third kappa shape index (κ3) is 3.08. The van der Waals surface area contributed by atoms with Gasteiger partial charge in [0.25, 0.3) is 0 Å². The lowest BCUT2D eigenvalue weighted by Crippen LogP contribution is -2.31. The van der Waals surface area contributed by atoms with E-state index in [-0.39, 0.29) is 6.03 Å². The number of halogens is 1. The van der Waals surface area contributed by atoms with Crippen LogP contribution in [-0.2, 0) is 0 Å². The Morgan fingerprint density at radius 2 is 2.00 bits per heavy atom. The molecule has 4 nitrogen and oxygen atoms in total. The van der Waals surface area contributed by atoms with Gasteiger partial charge in [0.05, 0.1) is 22.3 Å². The zero-order valence-electron chi connectivity index (χ0n) is 10.8. The molecule has 0 aliphatic rings. The molecule has 100 valence electrons. The Hall–Kier alpha value is -2.51.